The van der Waals surface area contributed by atoms with Gasteiger partial charge in [-0.2, -0.15) is 4.31 Å². The van der Waals surface area contributed by atoms with Gasteiger partial charge in [-0.3, -0.25) is 4.99 Å². The predicted molar refractivity (Wildman–Crippen MR) is 116 cm³/mol. The zero-order chi connectivity index (χ0) is 18.4. The van der Waals surface area contributed by atoms with E-state index in [1.54, 1.807) is 10.4 Å². The van der Waals surface area contributed by atoms with Gasteiger partial charge in [-0.1, -0.05) is 18.0 Å². The zero-order valence-corrected chi connectivity index (χ0v) is 19.0. The zero-order valence-electron chi connectivity index (χ0n) is 15.8. The standard InChI is InChI=1S/C17H29N5O3S.HI/c1-2-18-17(19-13-15-5-3-4-6-15)21-8-10-22(11-9-21)26(23,24)14-16-7-12-25-20-16;/h7,12,15H,2-6,8-11,13-14H2,1H3,(H,18,19);1H. The molecule has 0 bridgehead atoms. The van der Waals surface area contributed by atoms with E-state index in [0.717, 1.165) is 19.0 Å². The molecule has 27 heavy (non-hydrogen) atoms. The number of hydrogen-bond donors (Lipinski definition) is 1. The number of hydrogen-bond acceptors (Lipinski definition) is 5. The minimum atomic E-state index is -3.37. The summed E-state index contributed by atoms with van der Waals surface area (Å²) >= 11 is 0. The largest absolute Gasteiger partial charge is 0.364 e. The van der Waals surface area contributed by atoms with Crippen molar-refractivity contribution >= 4 is 40.0 Å². The minimum Gasteiger partial charge on any atom is -0.364 e. The van der Waals surface area contributed by atoms with Gasteiger partial charge < -0.3 is 14.7 Å². The Morgan fingerprint density at radius 1 is 1.30 bits per heavy atom. The van der Waals surface area contributed by atoms with Crippen LogP contribution in [0.25, 0.3) is 0 Å². The SMILES string of the molecule is CCNC(=NCC1CCCC1)N1CCN(S(=O)(=O)Cc2ccon2)CC1.I. The van der Waals surface area contributed by atoms with Crippen LogP contribution in [0.3, 0.4) is 0 Å². The van der Waals surface area contributed by atoms with Gasteiger partial charge in [0.25, 0.3) is 0 Å². The van der Waals surface area contributed by atoms with Crippen molar-refractivity contribution in [2.45, 2.75) is 38.4 Å². The van der Waals surface area contributed by atoms with Crippen LogP contribution in [-0.4, -0.2) is 68.0 Å². The summed E-state index contributed by atoms with van der Waals surface area (Å²) in [6, 6.07) is 1.59. The number of piperazine rings is 1. The normalized spacial score (nSPS) is 19.9. The van der Waals surface area contributed by atoms with Crippen LogP contribution in [0, 0.1) is 5.92 Å². The molecule has 0 atom stereocenters. The van der Waals surface area contributed by atoms with E-state index in [2.05, 4.69) is 22.3 Å². The van der Waals surface area contributed by atoms with Crippen molar-refractivity contribution in [2.24, 2.45) is 10.9 Å². The van der Waals surface area contributed by atoms with E-state index < -0.39 is 10.0 Å². The van der Waals surface area contributed by atoms with Crippen LogP contribution < -0.4 is 5.32 Å². The Morgan fingerprint density at radius 2 is 2.00 bits per heavy atom. The monoisotopic (exact) mass is 511 g/mol. The summed E-state index contributed by atoms with van der Waals surface area (Å²) in [6.45, 7) is 5.97. The molecule has 2 aliphatic rings. The molecule has 0 spiro atoms. The quantitative estimate of drug-likeness (QED) is 0.357. The Hall–Kier alpha value is -0.880. The molecule has 1 aliphatic heterocycles. The van der Waals surface area contributed by atoms with Crippen LogP contribution in [0.2, 0.25) is 0 Å². The number of nitrogens with zero attached hydrogens (tertiary/aromatic N) is 4. The van der Waals surface area contributed by atoms with E-state index in [4.69, 9.17) is 9.52 Å². The third-order valence-corrected chi connectivity index (χ3v) is 6.87. The van der Waals surface area contributed by atoms with Crippen LogP contribution in [0.5, 0.6) is 0 Å². The molecule has 1 aliphatic carbocycles. The average Bonchev–Trinajstić information content (AvgIpc) is 3.32. The van der Waals surface area contributed by atoms with Crippen molar-refractivity contribution in [3.8, 4) is 0 Å². The molecule has 10 heteroatoms. The van der Waals surface area contributed by atoms with E-state index in [1.807, 2.05) is 0 Å². The molecule has 2 fully saturated rings. The fourth-order valence-electron chi connectivity index (χ4n) is 3.60. The number of rotatable bonds is 6. The van der Waals surface area contributed by atoms with Crippen molar-refractivity contribution in [2.75, 3.05) is 39.3 Å². The summed E-state index contributed by atoms with van der Waals surface area (Å²) in [4.78, 5) is 6.98. The molecular weight excluding hydrogens is 481 g/mol. The van der Waals surface area contributed by atoms with Gasteiger partial charge in [0.15, 0.2) is 5.96 Å². The highest BCUT2D eigenvalue weighted by Crippen LogP contribution is 2.24. The summed E-state index contributed by atoms with van der Waals surface area (Å²) < 4.78 is 31.3. The summed E-state index contributed by atoms with van der Waals surface area (Å²) in [5.74, 6) is 1.50. The average molecular weight is 511 g/mol. The lowest BCUT2D eigenvalue weighted by Gasteiger charge is -2.35. The topological polar surface area (TPSA) is 91.0 Å². The minimum absolute atomic E-state index is 0. The van der Waals surface area contributed by atoms with E-state index in [1.165, 1.54) is 31.9 Å². The summed E-state index contributed by atoms with van der Waals surface area (Å²) in [5, 5.41) is 7.06. The van der Waals surface area contributed by atoms with Crippen LogP contribution in [0.15, 0.2) is 21.8 Å². The molecule has 0 aromatic carbocycles. The van der Waals surface area contributed by atoms with Crippen molar-refractivity contribution in [1.29, 1.82) is 0 Å². The Kier molecular flexibility index (Phi) is 8.80. The molecule has 3 rings (SSSR count). The summed E-state index contributed by atoms with van der Waals surface area (Å²) in [6.07, 6.45) is 6.58. The van der Waals surface area contributed by atoms with E-state index in [0.29, 0.717) is 37.8 Å². The molecule has 0 radical (unpaired) electrons. The summed E-state index contributed by atoms with van der Waals surface area (Å²) in [7, 11) is -3.37. The molecule has 1 aromatic heterocycles. The highest BCUT2D eigenvalue weighted by atomic mass is 127. The third kappa shape index (κ3) is 6.31. The Labute approximate surface area is 178 Å². The first kappa shape index (κ1) is 22.4. The number of aromatic nitrogens is 1. The Balaban J connectivity index is 0.00000261. The maximum absolute atomic E-state index is 12.5. The smallest absolute Gasteiger partial charge is 0.220 e. The van der Waals surface area contributed by atoms with Gasteiger partial charge in [0.2, 0.25) is 10.0 Å². The fraction of sp³-hybridized carbons (Fsp3) is 0.765. The first-order chi connectivity index (χ1) is 12.6. The maximum Gasteiger partial charge on any atom is 0.220 e. The van der Waals surface area contributed by atoms with Crippen molar-refractivity contribution < 1.29 is 12.9 Å². The molecule has 1 N–H and O–H groups in total. The number of aliphatic imine (C=N–C) groups is 1. The first-order valence-corrected chi connectivity index (χ1v) is 11.1. The fourth-order valence-corrected chi connectivity index (χ4v) is 5.03. The van der Waals surface area contributed by atoms with E-state index >= 15 is 0 Å². The molecule has 0 unspecified atom stereocenters. The van der Waals surface area contributed by atoms with Gasteiger partial charge in [0, 0.05) is 45.3 Å². The van der Waals surface area contributed by atoms with Gasteiger partial charge in [-0.25, -0.2) is 8.42 Å². The molecule has 1 saturated heterocycles. The van der Waals surface area contributed by atoms with Crippen LogP contribution in [0.4, 0.5) is 0 Å². The highest BCUT2D eigenvalue weighted by molar-refractivity contribution is 14.0. The maximum atomic E-state index is 12.5. The second kappa shape index (κ2) is 10.6. The molecule has 1 saturated carbocycles. The molecule has 8 nitrogen and oxygen atoms in total. The van der Waals surface area contributed by atoms with Crippen LogP contribution in [-0.2, 0) is 15.8 Å². The van der Waals surface area contributed by atoms with Gasteiger partial charge in [-0.05, 0) is 25.7 Å². The lowest BCUT2D eigenvalue weighted by molar-refractivity contribution is 0.259. The Morgan fingerprint density at radius 3 is 2.59 bits per heavy atom. The molecule has 0 amide bonds. The van der Waals surface area contributed by atoms with Gasteiger partial charge in [0.1, 0.15) is 12.0 Å². The van der Waals surface area contributed by atoms with Crippen molar-refractivity contribution in [3.63, 3.8) is 0 Å². The third-order valence-electron chi connectivity index (χ3n) is 5.06. The highest BCUT2D eigenvalue weighted by Gasteiger charge is 2.29. The molecular formula is C17H30IN5O3S. The second-order valence-corrected chi connectivity index (χ2v) is 8.95. The second-order valence-electron chi connectivity index (χ2n) is 6.98. The molecule has 154 valence electrons. The number of nitrogens with one attached hydrogen (secondary N) is 1. The summed E-state index contributed by atoms with van der Waals surface area (Å²) in [5.41, 5.74) is 0.443. The van der Waals surface area contributed by atoms with Gasteiger partial charge >= 0.3 is 0 Å². The van der Waals surface area contributed by atoms with Crippen molar-refractivity contribution in [3.05, 3.63) is 18.0 Å². The number of guanidine groups is 1. The van der Waals surface area contributed by atoms with Crippen LogP contribution >= 0.6 is 24.0 Å². The van der Waals surface area contributed by atoms with Gasteiger partial charge in [-0.15, -0.1) is 24.0 Å². The van der Waals surface area contributed by atoms with Gasteiger partial charge in [0.05, 0.1) is 5.69 Å². The van der Waals surface area contributed by atoms with Crippen molar-refractivity contribution in [1.82, 2.24) is 19.7 Å². The number of sulfonamides is 1. The Bertz CT molecular complexity index is 681. The lowest BCUT2D eigenvalue weighted by atomic mass is 10.1. The lowest BCUT2D eigenvalue weighted by Crippen LogP contribution is -2.54. The first-order valence-electron chi connectivity index (χ1n) is 9.49. The molecule has 1 aromatic rings. The molecule has 2 heterocycles. The predicted octanol–water partition coefficient (Wildman–Crippen LogP) is 1.90. The van der Waals surface area contributed by atoms with E-state index in [-0.39, 0.29) is 29.7 Å². The van der Waals surface area contributed by atoms with E-state index in [9.17, 15) is 8.42 Å². The van der Waals surface area contributed by atoms with Crippen LogP contribution in [0.1, 0.15) is 38.3 Å². The number of halogens is 1.